The maximum atomic E-state index is 4.09. The first-order valence-electron chi connectivity index (χ1n) is 7.91. The van der Waals surface area contributed by atoms with E-state index in [0.717, 1.165) is 5.92 Å². The number of allylic oxidation sites excluding steroid dienone is 4. The minimum atomic E-state index is -1.69. The van der Waals surface area contributed by atoms with Gasteiger partial charge in [0.25, 0.3) is 0 Å². The van der Waals surface area contributed by atoms with Gasteiger partial charge in [0.1, 0.15) is 0 Å². The van der Waals surface area contributed by atoms with E-state index in [2.05, 4.69) is 51.0 Å². The first-order valence-corrected chi connectivity index (χ1v) is 20.6. The molecule has 0 aromatic heterocycles. The van der Waals surface area contributed by atoms with Crippen molar-refractivity contribution >= 4 is 5.98 Å². The Kier molecular flexibility index (Phi) is 13.5. The van der Waals surface area contributed by atoms with Gasteiger partial charge in [-0.1, -0.05) is 0 Å². The minimum Gasteiger partial charge on any atom is -1.00 e. The van der Waals surface area contributed by atoms with Crippen molar-refractivity contribution in [2.75, 3.05) is 6.54 Å². The van der Waals surface area contributed by atoms with Crippen LogP contribution in [0.15, 0.2) is 20.0 Å². The summed E-state index contributed by atoms with van der Waals surface area (Å²) in [7, 11) is 0. The standard InChI is InChI=1S/C9H13.C5H12N.C2H7Si.2ClH.Hf/c1-6-5-7(2)9(4)8(6)3;1-2-3-4-5-6;1-3-2;;;/h6H,1-4H3;6H,2-5H2,1H3;3H,1-2H3;2*1H;/q;-1;;;;+3/p-2. The molecule has 0 aromatic rings. The van der Waals surface area contributed by atoms with Gasteiger partial charge in [0.2, 0.25) is 0 Å². The van der Waals surface area contributed by atoms with Crippen LogP contribution >= 0.6 is 0 Å². The van der Waals surface area contributed by atoms with E-state index in [-0.39, 0.29) is 24.8 Å². The maximum absolute atomic E-state index is 4.09. The van der Waals surface area contributed by atoms with E-state index in [9.17, 15) is 0 Å². The topological polar surface area (TPSA) is 12.0 Å². The number of hydrogen-bond donors (Lipinski definition) is 1. The molecule has 0 fully saturated rings. The molecule has 1 rings (SSSR count). The van der Waals surface area contributed by atoms with Crippen molar-refractivity contribution in [2.45, 2.75) is 67.0 Å². The van der Waals surface area contributed by atoms with Crippen LogP contribution in [0.3, 0.4) is 0 Å². The van der Waals surface area contributed by atoms with E-state index < -0.39 is 26.9 Å². The smallest absolute Gasteiger partial charge is 1.00 e. The molecule has 1 nitrogen and oxygen atoms in total. The fourth-order valence-corrected chi connectivity index (χ4v) is 27.0. The summed E-state index contributed by atoms with van der Waals surface area (Å²) >= 11 is -1.69. The van der Waals surface area contributed by atoms with Crippen molar-refractivity contribution in [3.8, 4) is 0 Å². The molecule has 0 spiro atoms. The molecule has 1 N–H and O–H groups in total. The summed E-state index contributed by atoms with van der Waals surface area (Å²) in [4.78, 5) is 0. The largest absolute Gasteiger partial charge is 1.00 e. The quantitative estimate of drug-likeness (QED) is 0.323. The van der Waals surface area contributed by atoms with Crippen LogP contribution in [-0.4, -0.2) is 12.5 Å². The molecule has 123 valence electrons. The zero-order valence-electron chi connectivity index (χ0n) is 14.7. The Morgan fingerprint density at radius 1 is 1.05 bits per heavy atom. The summed E-state index contributed by atoms with van der Waals surface area (Å²) in [5, 5.41) is 0. The van der Waals surface area contributed by atoms with Crippen molar-refractivity contribution in [2.24, 2.45) is 5.92 Å². The molecule has 21 heavy (non-hydrogen) atoms. The SMILES string of the molecule is CCCCC[NH][Hf+2]([C]1=C(C)C(C)=C(C)C1C)[SiH](C)C.[Cl-].[Cl-]. The van der Waals surface area contributed by atoms with Crippen LogP contribution in [0.5, 0.6) is 0 Å². The van der Waals surface area contributed by atoms with Crippen molar-refractivity contribution < 1.29 is 45.7 Å². The van der Waals surface area contributed by atoms with Gasteiger partial charge in [-0.2, -0.15) is 0 Å². The third kappa shape index (κ3) is 6.25. The summed E-state index contributed by atoms with van der Waals surface area (Å²) in [6.45, 7) is 18.2. The van der Waals surface area contributed by atoms with E-state index in [4.69, 9.17) is 0 Å². The predicted molar refractivity (Wildman–Crippen MR) is 86.6 cm³/mol. The molecule has 0 aliphatic heterocycles. The number of nitrogens with one attached hydrogen (secondary N) is 1. The Morgan fingerprint density at radius 3 is 2.00 bits per heavy atom. The molecule has 0 radical (unpaired) electrons. The zero-order valence-corrected chi connectivity index (χ0v) is 21.0. The van der Waals surface area contributed by atoms with Crippen LogP contribution in [0.2, 0.25) is 13.1 Å². The second-order valence-electron chi connectivity index (χ2n) is 6.27. The van der Waals surface area contributed by atoms with E-state index in [1.54, 1.807) is 16.7 Å². The second kappa shape index (κ2) is 11.6. The Hall–Kier alpha value is 1.11. The van der Waals surface area contributed by atoms with Gasteiger partial charge in [-0.15, -0.1) is 0 Å². The molecule has 1 aliphatic carbocycles. The van der Waals surface area contributed by atoms with Crippen LogP contribution in [0, 0.1) is 5.92 Å². The molecule has 0 amide bonds. The van der Waals surface area contributed by atoms with Gasteiger partial charge in [-0.3, -0.25) is 0 Å². The van der Waals surface area contributed by atoms with Gasteiger partial charge in [-0.25, -0.2) is 0 Å². The van der Waals surface area contributed by atoms with Crippen molar-refractivity contribution in [3.63, 3.8) is 0 Å². The molecule has 1 unspecified atom stereocenters. The molecule has 0 saturated heterocycles. The van der Waals surface area contributed by atoms with E-state index in [1.165, 1.54) is 25.8 Å². The van der Waals surface area contributed by atoms with Crippen molar-refractivity contribution in [1.82, 2.24) is 3.30 Å². The number of unbranched alkanes of at least 4 members (excludes halogenated alkanes) is 2. The monoisotopic (exact) mass is 516 g/mol. The van der Waals surface area contributed by atoms with Crippen LogP contribution in [0.25, 0.3) is 0 Å². The second-order valence-corrected chi connectivity index (χ2v) is 31.9. The molecule has 0 saturated carbocycles. The zero-order chi connectivity index (χ0) is 14.6. The number of hydrogen-bond acceptors (Lipinski definition) is 1. The Balaban J connectivity index is 0. The number of halogens is 2. The van der Waals surface area contributed by atoms with Gasteiger partial charge in [0.15, 0.2) is 0 Å². The van der Waals surface area contributed by atoms with Crippen LogP contribution in [0.4, 0.5) is 0 Å². The fraction of sp³-hybridized carbons (Fsp3) is 0.750. The minimum absolute atomic E-state index is 0. The Morgan fingerprint density at radius 2 is 1.62 bits per heavy atom. The molecule has 0 aromatic carbocycles. The summed E-state index contributed by atoms with van der Waals surface area (Å²) in [6, 6.07) is 0. The molecule has 1 aliphatic rings. The van der Waals surface area contributed by atoms with E-state index in [0.29, 0.717) is 0 Å². The van der Waals surface area contributed by atoms with E-state index >= 15 is 0 Å². The predicted octanol–water partition coefficient (Wildman–Crippen LogP) is -1.45. The summed E-state index contributed by atoms with van der Waals surface area (Å²) in [5.74, 6) is 0.242. The summed E-state index contributed by atoms with van der Waals surface area (Å²) < 4.78 is 6.00. The first-order chi connectivity index (χ1) is 8.91. The molecular formula is C16H32Cl2HfNSi. The third-order valence-corrected chi connectivity index (χ3v) is 29.7. The van der Waals surface area contributed by atoms with Crippen LogP contribution < -0.4 is 28.1 Å². The molecule has 0 heterocycles. The van der Waals surface area contributed by atoms with Gasteiger partial charge >= 0.3 is 130 Å². The first kappa shape index (κ1) is 24.4. The molecule has 5 heteroatoms. The van der Waals surface area contributed by atoms with Gasteiger partial charge < -0.3 is 24.8 Å². The number of rotatable bonds is 7. The third-order valence-electron chi connectivity index (χ3n) is 4.60. The average Bonchev–Trinajstić information content (AvgIpc) is 2.55. The average molecular weight is 516 g/mol. The molecular weight excluding hydrogens is 484 g/mol. The Bertz CT molecular complexity index is 380. The van der Waals surface area contributed by atoms with Gasteiger partial charge in [-0.05, 0) is 0 Å². The van der Waals surface area contributed by atoms with Crippen molar-refractivity contribution in [3.05, 3.63) is 20.0 Å². The molecule has 1 atom stereocenters. The fourth-order valence-electron chi connectivity index (χ4n) is 3.01. The maximum Gasteiger partial charge on any atom is -1.00 e. The summed E-state index contributed by atoms with van der Waals surface area (Å²) in [6.07, 6.45) is 4.09. The normalized spacial score (nSPS) is 18.0. The van der Waals surface area contributed by atoms with Gasteiger partial charge in [0.05, 0.1) is 0 Å². The summed E-state index contributed by atoms with van der Waals surface area (Å²) in [5.41, 5.74) is 4.89. The van der Waals surface area contributed by atoms with Crippen LogP contribution in [-0.2, 0) is 20.9 Å². The Labute approximate surface area is 153 Å². The van der Waals surface area contributed by atoms with E-state index in [1.807, 2.05) is 3.33 Å². The van der Waals surface area contributed by atoms with Crippen LogP contribution in [0.1, 0.15) is 53.9 Å². The molecule has 0 bridgehead atoms. The van der Waals surface area contributed by atoms with Crippen molar-refractivity contribution in [1.29, 1.82) is 0 Å². The van der Waals surface area contributed by atoms with Gasteiger partial charge in [0, 0.05) is 0 Å².